The van der Waals surface area contributed by atoms with E-state index < -0.39 is 6.10 Å². The van der Waals surface area contributed by atoms with Crippen LogP contribution in [0.15, 0.2) is 36.7 Å². The molecule has 0 bridgehead atoms. The first-order chi connectivity index (χ1) is 11.1. The highest BCUT2D eigenvalue weighted by atomic mass is 16.6. The van der Waals surface area contributed by atoms with Crippen molar-refractivity contribution < 1.29 is 14.3 Å². The van der Waals surface area contributed by atoms with Gasteiger partial charge in [0.25, 0.3) is 5.91 Å². The minimum Gasteiger partial charge on any atom is -0.485 e. The Bertz CT molecular complexity index is 696. The van der Waals surface area contributed by atoms with Crippen molar-refractivity contribution in [3.8, 4) is 11.5 Å². The number of carbonyl (C=O) groups is 1. The summed E-state index contributed by atoms with van der Waals surface area (Å²) in [4.78, 5) is 18.9. The van der Waals surface area contributed by atoms with Crippen molar-refractivity contribution in [2.24, 2.45) is 7.05 Å². The van der Waals surface area contributed by atoms with Gasteiger partial charge in [-0.1, -0.05) is 12.1 Å². The van der Waals surface area contributed by atoms with E-state index in [1.807, 2.05) is 55.9 Å². The van der Waals surface area contributed by atoms with Crippen molar-refractivity contribution in [3.05, 3.63) is 42.5 Å². The van der Waals surface area contributed by atoms with Crippen LogP contribution in [0.2, 0.25) is 0 Å². The average Bonchev–Trinajstić information content (AvgIpc) is 2.96. The van der Waals surface area contributed by atoms with Crippen LogP contribution in [0.3, 0.4) is 0 Å². The van der Waals surface area contributed by atoms with Crippen LogP contribution >= 0.6 is 0 Å². The molecule has 2 heterocycles. The van der Waals surface area contributed by atoms with Gasteiger partial charge >= 0.3 is 0 Å². The van der Waals surface area contributed by atoms with E-state index in [0.717, 1.165) is 5.82 Å². The van der Waals surface area contributed by atoms with E-state index in [1.165, 1.54) is 0 Å². The van der Waals surface area contributed by atoms with Gasteiger partial charge in [-0.25, -0.2) is 4.98 Å². The Morgan fingerprint density at radius 3 is 2.78 bits per heavy atom. The number of fused-ring (bicyclic) bond motifs is 1. The van der Waals surface area contributed by atoms with Crippen LogP contribution < -0.4 is 9.47 Å². The number of ether oxygens (including phenoxy) is 2. The number of aromatic nitrogens is 2. The second kappa shape index (κ2) is 6.32. The van der Waals surface area contributed by atoms with Crippen LogP contribution in [0.5, 0.6) is 11.5 Å². The molecule has 122 valence electrons. The fourth-order valence-corrected chi connectivity index (χ4v) is 2.54. The number of benzene rings is 1. The Hall–Kier alpha value is -2.50. The predicted octanol–water partition coefficient (Wildman–Crippen LogP) is 2.00. The second-order valence-electron chi connectivity index (χ2n) is 5.88. The molecule has 0 aliphatic carbocycles. The number of nitrogens with zero attached hydrogens (tertiary/aromatic N) is 3. The molecule has 1 aromatic heterocycles. The number of aryl methyl sites for hydroxylation is 1. The number of para-hydroxylation sites is 2. The molecule has 1 aliphatic heterocycles. The minimum atomic E-state index is -0.632. The molecule has 1 amide bonds. The molecule has 0 saturated heterocycles. The summed E-state index contributed by atoms with van der Waals surface area (Å²) in [6.07, 6.45) is 2.97. The summed E-state index contributed by atoms with van der Waals surface area (Å²) in [5, 5.41) is 0. The smallest absolute Gasteiger partial charge is 0.267 e. The highest BCUT2D eigenvalue weighted by Gasteiger charge is 2.32. The summed E-state index contributed by atoms with van der Waals surface area (Å²) in [6.45, 7) is 4.64. The van der Waals surface area contributed by atoms with Crippen LogP contribution in [0.4, 0.5) is 0 Å². The van der Waals surface area contributed by atoms with Gasteiger partial charge in [0.05, 0.1) is 6.54 Å². The Balaban J connectivity index is 1.76. The van der Waals surface area contributed by atoms with E-state index in [1.54, 1.807) is 11.1 Å². The molecule has 0 N–H and O–H groups in total. The van der Waals surface area contributed by atoms with E-state index >= 15 is 0 Å². The third kappa shape index (κ3) is 3.16. The van der Waals surface area contributed by atoms with E-state index in [0.29, 0.717) is 18.0 Å². The zero-order valence-corrected chi connectivity index (χ0v) is 13.6. The van der Waals surface area contributed by atoms with Gasteiger partial charge in [0.15, 0.2) is 11.5 Å². The van der Waals surface area contributed by atoms with Crippen LogP contribution in [0.25, 0.3) is 0 Å². The predicted molar refractivity (Wildman–Crippen MR) is 85.2 cm³/mol. The lowest BCUT2D eigenvalue weighted by molar-refractivity contribution is -0.143. The van der Waals surface area contributed by atoms with Gasteiger partial charge in [0, 0.05) is 25.5 Å². The summed E-state index contributed by atoms with van der Waals surface area (Å²) >= 11 is 0. The molecule has 2 aromatic rings. The average molecular weight is 315 g/mol. The van der Waals surface area contributed by atoms with Gasteiger partial charge in [-0.3, -0.25) is 4.79 Å². The number of hydrogen-bond acceptors (Lipinski definition) is 4. The van der Waals surface area contributed by atoms with E-state index in [2.05, 4.69) is 4.98 Å². The standard InChI is InChI=1S/C17H21N3O3/c1-12(2)20(10-16-18-8-9-19(16)3)17(21)15-11-22-13-6-4-5-7-14(13)23-15/h4-9,12,15H,10-11H2,1-3H3/t15-/m0/s1. The highest BCUT2D eigenvalue weighted by molar-refractivity contribution is 5.82. The van der Waals surface area contributed by atoms with E-state index in [4.69, 9.17) is 9.47 Å². The maximum atomic E-state index is 12.9. The molecule has 0 radical (unpaired) electrons. The molecule has 1 aromatic carbocycles. The minimum absolute atomic E-state index is 0.0416. The largest absolute Gasteiger partial charge is 0.485 e. The van der Waals surface area contributed by atoms with E-state index in [9.17, 15) is 4.79 Å². The fourth-order valence-electron chi connectivity index (χ4n) is 2.54. The zero-order chi connectivity index (χ0) is 16.4. The number of rotatable bonds is 4. The van der Waals surface area contributed by atoms with Crippen LogP contribution in [-0.4, -0.2) is 39.1 Å². The molecular formula is C17H21N3O3. The fraction of sp³-hybridized carbons (Fsp3) is 0.412. The van der Waals surface area contributed by atoms with Crippen molar-refractivity contribution in [2.45, 2.75) is 32.5 Å². The second-order valence-corrected chi connectivity index (χ2v) is 5.88. The monoisotopic (exact) mass is 315 g/mol. The van der Waals surface area contributed by atoms with Crippen molar-refractivity contribution in [1.82, 2.24) is 14.5 Å². The lowest BCUT2D eigenvalue weighted by atomic mass is 10.2. The van der Waals surface area contributed by atoms with Crippen molar-refractivity contribution in [1.29, 1.82) is 0 Å². The molecule has 0 saturated carbocycles. The van der Waals surface area contributed by atoms with Gasteiger partial charge < -0.3 is 18.9 Å². The van der Waals surface area contributed by atoms with Crippen molar-refractivity contribution in [2.75, 3.05) is 6.61 Å². The Labute approximate surface area is 135 Å². The van der Waals surface area contributed by atoms with Gasteiger partial charge in [-0.05, 0) is 26.0 Å². The molecule has 0 unspecified atom stereocenters. The molecular weight excluding hydrogens is 294 g/mol. The molecule has 1 aliphatic rings. The quantitative estimate of drug-likeness (QED) is 0.866. The Morgan fingerprint density at radius 2 is 2.13 bits per heavy atom. The van der Waals surface area contributed by atoms with Crippen LogP contribution in [-0.2, 0) is 18.4 Å². The molecule has 23 heavy (non-hydrogen) atoms. The summed E-state index contributed by atoms with van der Waals surface area (Å²) in [5.74, 6) is 2.04. The van der Waals surface area contributed by atoms with Crippen molar-refractivity contribution >= 4 is 5.91 Å². The van der Waals surface area contributed by atoms with Gasteiger partial charge in [0.2, 0.25) is 6.10 Å². The Morgan fingerprint density at radius 1 is 1.39 bits per heavy atom. The Kier molecular flexibility index (Phi) is 4.23. The topological polar surface area (TPSA) is 56.6 Å². The first kappa shape index (κ1) is 15.4. The molecule has 6 heteroatoms. The lowest BCUT2D eigenvalue weighted by Gasteiger charge is -2.32. The van der Waals surface area contributed by atoms with Crippen LogP contribution in [0.1, 0.15) is 19.7 Å². The molecule has 3 rings (SSSR count). The summed E-state index contributed by atoms with van der Waals surface area (Å²) in [7, 11) is 1.92. The number of hydrogen-bond donors (Lipinski definition) is 0. The normalized spacial score (nSPS) is 16.4. The van der Waals surface area contributed by atoms with Gasteiger partial charge in [0.1, 0.15) is 12.4 Å². The molecule has 1 atom stereocenters. The summed E-state index contributed by atoms with van der Waals surface area (Å²) < 4.78 is 13.4. The number of imidazole rings is 1. The third-order valence-electron chi connectivity index (χ3n) is 3.92. The van der Waals surface area contributed by atoms with E-state index in [-0.39, 0.29) is 18.6 Å². The molecule has 0 fully saturated rings. The first-order valence-electron chi connectivity index (χ1n) is 7.71. The van der Waals surface area contributed by atoms with Gasteiger partial charge in [-0.15, -0.1) is 0 Å². The maximum absolute atomic E-state index is 12.9. The van der Waals surface area contributed by atoms with Crippen molar-refractivity contribution in [3.63, 3.8) is 0 Å². The maximum Gasteiger partial charge on any atom is 0.267 e. The number of amides is 1. The van der Waals surface area contributed by atoms with Crippen LogP contribution in [0, 0.1) is 0 Å². The molecule has 6 nitrogen and oxygen atoms in total. The SMILES string of the molecule is CC(C)N(Cc1nccn1C)C(=O)[C@@H]1COc2ccccc2O1. The third-order valence-corrected chi connectivity index (χ3v) is 3.92. The molecule has 0 spiro atoms. The van der Waals surface area contributed by atoms with Gasteiger partial charge in [-0.2, -0.15) is 0 Å². The zero-order valence-electron chi connectivity index (χ0n) is 13.6. The first-order valence-corrected chi connectivity index (χ1v) is 7.71. The summed E-state index contributed by atoms with van der Waals surface area (Å²) in [5.41, 5.74) is 0. The lowest BCUT2D eigenvalue weighted by Crippen LogP contribution is -2.48. The number of carbonyl (C=O) groups excluding carboxylic acids is 1. The summed E-state index contributed by atoms with van der Waals surface area (Å²) in [6, 6.07) is 7.44. The highest BCUT2D eigenvalue weighted by Crippen LogP contribution is 2.31.